The monoisotopic (exact) mass is 186 g/mol. The lowest BCUT2D eigenvalue weighted by Crippen LogP contribution is -1.91. The lowest BCUT2D eigenvalue weighted by Gasteiger charge is -1.98. The molecule has 9 heavy (non-hydrogen) atoms. The minimum Gasteiger partial charge on any atom is -0.159 e. The van der Waals surface area contributed by atoms with Gasteiger partial charge >= 0.3 is 0 Å². The third kappa shape index (κ3) is 8.93. The molecule has 0 unspecified atom stereocenters. The fourth-order valence-electron chi connectivity index (χ4n) is 0.419. The van der Waals surface area contributed by atoms with Gasteiger partial charge in [0.1, 0.15) is 4.84 Å². The Morgan fingerprint density at radius 3 is 2.56 bits per heavy atom. The number of hydrogen-bond donors (Lipinski definition) is 0. The lowest BCUT2D eigenvalue weighted by atomic mass is 10.4. The molecule has 0 rings (SSSR count). The highest BCUT2D eigenvalue weighted by Gasteiger charge is 1.96. The highest BCUT2D eigenvalue weighted by molar-refractivity contribution is 7.99. The molecule has 0 N–H and O–H groups in total. The van der Waals surface area contributed by atoms with Crippen molar-refractivity contribution in [2.45, 2.75) is 24.6 Å². The van der Waals surface area contributed by atoms with Crippen molar-refractivity contribution in [1.29, 1.82) is 0 Å². The SMILES string of the molecule is CCCCSCC(Cl)Cl. The maximum Gasteiger partial charge on any atom is 0.116 e. The molecule has 0 heterocycles. The van der Waals surface area contributed by atoms with Crippen LogP contribution in [0.1, 0.15) is 19.8 Å². The Morgan fingerprint density at radius 1 is 1.44 bits per heavy atom. The maximum absolute atomic E-state index is 5.50. The van der Waals surface area contributed by atoms with Crippen LogP contribution in [0.15, 0.2) is 0 Å². The zero-order valence-corrected chi connectivity index (χ0v) is 7.90. The van der Waals surface area contributed by atoms with E-state index in [-0.39, 0.29) is 4.84 Å². The smallest absolute Gasteiger partial charge is 0.116 e. The average molecular weight is 187 g/mol. The van der Waals surface area contributed by atoms with Crippen LogP contribution in [-0.2, 0) is 0 Å². The van der Waals surface area contributed by atoms with Gasteiger partial charge in [0, 0.05) is 5.75 Å². The average Bonchev–Trinajstić information content (AvgIpc) is 1.80. The van der Waals surface area contributed by atoms with Crippen molar-refractivity contribution >= 4 is 35.0 Å². The first-order valence-electron chi connectivity index (χ1n) is 3.13. The Kier molecular flexibility index (Phi) is 7.77. The summed E-state index contributed by atoms with van der Waals surface area (Å²) in [6.45, 7) is 2.18. The minimum absolute atomic E-state index is 0.188. The number of unbranched alkanes of at least 4 members (excludes halogenated alkanes) is 1. The first kappa shape index (κ1) is 9.93. The van der Waals surface area contributed by atoms with E-state index in [0.717, 1.165) is 5.75 Å². The second kappa shape index (κ2) is 7.04. The van der Waals surface area contributed by atoms with Gasteiger partial charge < -0.3 is 0 Å². The molecule has 0 saturated carbocycles. The summed E-state index contributed by atoms with van der Waals surface area (Å²) in [6.07, 6.45) is 2.52. The number of thioether (sulfide) groups is 1. The van der Waals surface area contributed by atoms with Gasteiger partial charge in [0.2, 0.25) is 0 Å². The van der Waals surface area contributed by atoms with Crippen LogP contribution in [0.5, 0.6) is 0 Å². The summed E-state index contributed by atoms with van der Waals surface area (Å²) in [6, 6.07) is 0. The van der Waals surface area contributed by atoms with Gasteiger partial charge in [-0.15, -0.1) is 23.2 Å². The van der Waals surface area contributed by atoms with Gasteiger partial charge in [-0.3, -0.25) is 0 Å². The topological polar surface area (TPSA) is 0 Å². The van der Waals surface area contributed by atoms with Crippen LogP contribution in [0.25, 0.3) is 0 Å². The highest BCUT2D eigenvalue weighted by atomic mass is 35.5. The van der Waals surface area contributed by atoms with E-state index in [2.05, 4.69) is 6.92 Å². The molecule has 0 nitrogen and oxygen atoms in total. The van der Waals surface area contributed by atoms with Crippen LogP contribution in [-0.4, -0.2) is 16.3 Å². The molecule has 0 aromatic rings. The van der Waals surface area contributed by atoms with Crippen LogP contribution >= 0.6 is 35.0 Å². The summed E-state index contributed by atoms with van der Waals surface area (Å²) >= 11 is 12.8. The summed E-state index contributed by atoms with van der Waals surface area (Å²) in [4.78, 5) is -0.188. The zero-order chi connectivity index (χ0) is 7.11. The Morgan fingerprint density at radius 2 is 2.11 bits per heavy atom. The zero-order valence-electron chi connectivity index (χ0n) is 5.57. The first-order valence-corrected chi connectivity index (χ1v) is 5.16. The highest BCUT2D eigenvalue weighted by Crippen LogP contribution is 2.12. The summed E-state index contributed by atoms with van der Waals surface area (Å²) < 4.78 is 0. The molecule has 0 aromatic carbocycles. The van der Waals surface area contributed by atoms with Gasteiger partial charge in [-0.1, -0.05) is 13.3 Å². The van der Waals surface area contributed by atoms with Crippen LogP contribution in [0.3, 0.4) is 0 Å². The van der Waals surface area contributed by atoms with Crippen molar-refractivity contribution in [1.82, 2.24) is 0 Å². The molecule has 0 aliphatic rings. The van der Waals surface area contributed by atoms with Crippen molar-refractivity contribution in [3.05, 3.63) is 0 Å². The van der Waals surface area contributed by atoms with Gasteiger partial charge in [0.15, 0.2) is 0 Å². The van der Waals surface area contributed by atoms with Gasteiger partial charge in [-0.05, 0) is 12.2 Å². The molecule has 0 aliphatic carbocycles. The molecule has 0 fully saturated rings. The first-order chi connectivity index (χ1) is 4.27. The number of rotatable bonds is 5. The van der Waals surface area contributed by atoms with Crippen molar-refractivity contribution in [3.8, 4) is 0 Å². The standard InChI is InChI=1S/C6H12Cl2S/c1-2-3-4-9-5-6(7)8/h6H,2-5H2,1H3. The van der Waals surface area contributed by atoms with E-state index in [1.807, 2.05) is 11.8 Å². The normalized spacial score (nSPS) is 10.7. The molecular formula is C6H12Cl2S. The van der Waals surface area contributed by atoms with E-state index in [1.54, 1.807) is 0 Å². The quantitative estimate of drug-likeness (QED) is 0.470. The molecule has 0 saturated heterocycles. The Labute approximate surface area is 71.3 Å². The molecule has 0 amide bonds. The molecule has 0 spiro atoms. The van der Waals surface area contributed by atoms with Crippen LogP contribution in [0.2, 0.25) is 0 Å². The summed E-state index contributed by atoms with van der Waals surface area (Å²) in [5.41, 5.74) is 0. The summed E-state index contributed by atoms with van der Waals surface area (Å²) in [7, 11) is 0. The van der Waals surface area contributed by atoms with Crippen molar-refractivity contribution in [2.75, 3.05) is 11.5 Å². The largest absolute Gasteiger partial charge is 0.159 e. The third-order valence-corrected chi connectivity index (χ3v) is 2.71. The number of alkyl halides is 2. The van der Waals surface area contributed by atoms with Crippen molar-refractivity contribution < 1.29 is 0 Å². The minimum atomic E-state index is -0.188. The molecule has 56 valence electrons. The van der Waals surface area contributed by atoms with Gasteiger partial charge in [-0.2, -0.15) is 11.8 Å². The van der Waals surface area contributed by atoms with E-state index >= 15 is 0 Å². The summed E-state index contributed by atoms with van der Waals surface area (Å²) in [5, 5.41) is 0. The lowest BCUT2D eigenvalue weighted by molar-refractivity contribution is 0.896. The number of halogens is 2. The van der Waals surface area contributed by atoms with E-state index in [4.69, 9.17) is 23.2 Å². The third-order valence-electron chi connectivity index (χ3n) is 0.886. The van der Waals surface area contributed by atoms with Crippen molar-refractivity contribution in [3.63, 3.8) is 0 Å². The van der Waals surface area contributed by atoms with Crippen molar-refractivity contribution in [2.24, 2.45) is 0 Å². The second-order valence-electron chi connectivity index (χ2n) is 1.82. The molecule has 3 heteroatoms. The predicted molar refractivity (Wildman–Crippen MR) is 47.7 cm³/mol. The molecule has 0 atom stereocenters. The van der Waals surface area contributed by atoms with E-state index < -0.39 is 0 Å². The maximum atomic E-state index is 5.50. The Bertz CT molecular complexity index is 57.0. The van der Waals surface area contributed by atoms with Crippen LogP contribution in [0.4, 0.5) is 0 Å². The molecular weight excluding hydrogens is 175 g/mol. The fraction of sp³-hybridized carbons (Fsp3) is 1.00. The summed E-state index contributed by atoms with van der Waals surface area (Å²) in [5.74, 6) is 2.05. The van der Waals surface area contributed by atoms with Gasteiger partial charge in [0.05, 0.1) is 0 Å². The molecule has 0 aromatic heterocycles. The van der Waals surface area contributed by atoms with Crippen LogP contribution < -0.4 is 0 Å². The van der Waals surface area contributed by atoms with Gasteiger partial charge in [-0.25, -0.2) is 0 Å². The Hall–Kier alpha value is 0.930. The molecule has 0 bridgehead atoms. The van der Waals surface area contributed by atoms with E-state index in [1.165, 1.54) is 18.6 Å². The van der Waals surface area contributed by atoms with Crippen LogP contribution in [0, 0.1) is 0 Å². The molecule has 0 radical (unpaired) electrons. The number of hydrogen-bond acceptors (Lipinski definition) is 1. The predicted octanol–water partition coefficient (Wildman–Crippen LogP) is 3.32. The second-order valence-corrected chi connectivity index (χ2v) is 4.25. The Balaban J connectivity index is 2.75. The van der Waals surface area contributed by atoms with E-state index in [0.29, 0.717) is 0 Å². The fourth-order valence-corrected chi connectivity index (χ4v) is 1.79. The van der Waals surface area contributed by atoms with Gasteiger partial charge in [0.25, 0.3) is 0 Å². The van der Waals surface area contributed by atoms with E-state index in [9.17, 15) is 0 Å². The molecule has 0 aliphatic heterocycles.